The second-order valence-electron chi connectivity index (χ2n) is 21.1. The Balaban J connectivity index is 0.941. The Morgan fingerprint density at radius 1 is 0.618 bits per heavy atom. The van der Waals surface area contributed by atoms with E-state index < -0.39 is 0 Å². The molecule has 1 heterocycles. The second-order valence-corrected chi connectivity index (χ2v) is 21.1. The molecule has 10 aliphatic carbocycles. The number of nitrogens with zero attached hydrogens (tertiary/aromatic N) is 3. The third-order valence-electron chi connectivity index (χ3n) is 17.7. The molecular weight excluding hydrogens is 823 g/mol. The van der Waals surface area contributed by atoms with E-state index in [2.05, 4.69) is 184 Å². The molecule has 0 fully saturated rings. The maximum atomic E-state index is 2.92. The molecule has 3 nitrogen and oxygen atoms in total. The fourth-order valence-electron chi connectivity index (χ4n) is 15.1. The summed E-state index contributed by atoms with van der Waals surface area (Å²) < 4.78 is 2.68. The summed E-state index contributed by atoms with van der Waals surface area (Å²) in [7, 11) is 0. The van der Waals surface area contributed by atoms with Gasteiger partial charge in [-0.05, 0) is 177 Å². The third-order valence-corrected chi connectivity index (χ3v) is 17.7. The van der Waals surface area contributed by atoms with Crippen LogP contribution in [-0.2, 0) is 18.3 Å². The number of fused-ring (bicyclic) bond motifs is 12. The van der Waals surface area contributed by atoms with Crippen molar-refractivity contribution in [3.8, 4) is 0 Å². The minimum atomic E-state index is -0.185. The molecule has 68 heavy (non-hydrogen) atoms. The van der Waals surface area contributed by atoms with Gasteiger partial charge in [-0.25, -0.2) is 0 Å². The lowest BCUT2D eigenvalue weighted by Gasteiger charge is -2.42. The van der Waals surface area contributed by atoms with Crippen LogP contribution >= 0.6 is 0 Å². The molecule has 0 saturated carbocycles. The Kier molecular flexibility index (Phi) is 9.84. The minimum Gasteiger partial charge on any atom is -0.338 e. The van der Waals surface area contributed by atoms with Gasteiger partial charge in [-0.15, -0.1) is 0 Å². The molecular formula is C65H63N3. The third kappa shape index (κ3) is 6.09. The molecule has 0 saturated heterocycles. The quantitative estimate of drug-likeness (QED) is 0.171. The molecule has 0 amide bonds. The highest BCUT2D eigenvalue weighted by Crippen LogP contribution is 2.68. The van der Waals surface area contributed by atoms with Gasteiger partial charge >= 0.3 is 0 Å². The van der Waals surface area contributed by atoms with Gasteiger partial charge in [-0.2, -0.15) is 0 Å². The number of anilines is 2. The van der Waals surface area contributed by atoms with Crippen molar-refractivity contribution in [2.45, 2.75) is 120 Å². The van der Waals surface area contributed by atoms with Gasteiger partial charge in [0.1, 0.15) is 0 Å². The van der Waals surface area contributed by atoms with Gasteiger partial charge in [0.2, 0.25) is 0 Å². The smallest absolute Gasteiger partial charge is 0.0564 e. The first-order valence-electron chi connectivity index (χ1n) is 26.5. The van der Waals surface area contributed by atoms with E-state index in [1.165, 1.54) is 69.6 Å². The molecule has 14 rings (SSSR count). The molecule has 0 N–H and O–H groups in total. The highest BCUT2D eigenvalue weighted by molar-refractivity contribution is 5.97. The topological polar surface area (TPSA) is 11.4 Å². The average molecular weight is 886 g/mol. The fourth-order valence-corrected chi connectivity index (χ4v) is 15.1. The van der Waals surface area contributed by atoms with Crippen LogP contribution in [-0.4, -0.2) is 21.6 Å². The summed E-state index contributed by atoms with van der Waals surface area (Å²) in [6, 6.07) is 24.8. The molecule has 3 aromatic carbocycles. The number of allylic oxidation sites excluding steroid dienone is 19. The molecule has 1 aromatic heterocycles. The molecule has 6 unspecified atom stereocenters. The number of hydrogen-bond donors (Lipinski definition) is 0. The first kappa shape index (κ1) is 40.7. The van der Waals surface area contributed by atoms with E-state index in [0.29, 0.717) is 23.9 Å². The molecule has 6 atom stereocenters. The van der Waals surface area contributed by atoms with E-state index in [4.69, 9.17) is 0 Å². The standard InChI is InChI=1S/C65H63N3/c1-4-22-45(23-5-1)66(60-36-18-21-44-20-10-11-28-50(44)60)49-38-40-52-51-29-12-15-32-56(51)65(59(52)43-49)57-33-16-13-31-54(57)64-58(65)34-19-37-63(64)67(46-24-6-2-7-25-46)48-39-41-62-55(42-48)53-30-14-17-35-61(53)68(62)47-26-8-3-9-27-47/h1,3-4,8-13,16-18,20-21,24,26,28-29,31,33,35-41,43,45,47-48,54,57H,2,5-7,14-15,19,22-23,25,27,30,32,34,42H2. The summed E-state index contributed by atoms with van der Waals surface area (Å²) in [5.41, 5.74) is 21.2. The summed E-state index contributed by atoms with van der Waals surface area (Å²) in [6.07, 6.45) is 61.5. The van der Waals surface area contributed by atoms with Crippen LogP contribution in [0.25, 0.3) is 28.5 Å². The number of aromatic nitrogens is 1. The Morgan fingerprint density at radius 2 is 1.50 bits per heavy atom. The fraction of sp³-hybridized carbons (Fsp3) is 0.323. The maximum Gasteiger partial charge on any atom is 0.0564 e. The molecule has 1 spiro atoms. The molecule has 10 aliphatic rings. The molecule has 338 valence electrons. The summed E-state index contributed by atoms with van der Waals surface area (Å²) in [4.78, 5) is 5.67. The van der Waals surface area contributed by atoms with E-state index in [-0.39, 0.29) is 11.5 Å². The van der Waals surface area contributed by atoms with Crippen molar-refractivity contribution in [3.05, 3.63) is 220 Å². The van der Waals surface area contributed by atoms with Crippen molar-refractivity contribution < 1.29 is 0 Å². The van der Waals surface area contributed by atoms with E-state index in [9.17, 15) is 0 Å². The largest absolute Gasteiger partial charge is 0.338 e. The van der Waals surface area contributed by atoms with Crippen molar-refractivity contribution >= 4 is 39.9 Å². The van der Waals surface area contributed by atoms with Gasteiger partial charge in [0.05, 0.1) is 12.1 Å². The summed E-state index contributed by atoms with van der Waals surface area (Å²) in [6.45, 7) is 0. The van der Waals surface area contributed by atoms with Crippen LogP contribution in [0.5, 0.6) is 0 Å². The van der Waals surface area contributed by atoms with E-state index in [0.717, 1.165) is 77.0 Å². The van der Waals surface area contributed by atoms with Crippen LogP contribution in [0.4, 0.5) is 11.4 Å². The van der Waals surface area contributed by atoms with Crippen LogP contribution in [0.1, 0.15) is 123 Å². The lowest BCUT2D eigenvalue weighted by Crippen LogP contribution is -2.38. The van der Waals surface area contributed by atoms with Crippen molar-refractivity contribution in [1.82, 2.24) is 9.47 Å². The van der Waals surface area contributed by atoms with Crippen LogP contribution in [0.3, 0.4) is 0 Å². The van der Waals surface area contributed by atoms with Crippen LogP contribution in [0.2, 0.25) is 0 Å². The highest BCUT2D eigenvalue weighted by atomic mass is 15.2. The minimum absolute atomic E-state index is 0.185. The Bertz CT molecular complexity index is 3150. The van der Waals surface area contributed by atoms with Gasteiger partial charge in [-0.3, -0.25) is 0 Å². The van der Waals surface area contributed by atoms with E-state index in [1.807, 2.05) is 0 Å². The van der Waals surface area contributed by atoms with Crippen molar-refractivity contribution in [3.63, 3.8) is 0 Å². The molecule has 0 radical (unpaired) electrons. The molecule has 0 aliphatic heterocycles. The predicted octanol–water partition coefficient (Wildman–Crippen LogP) is 16.0. The Labute approximate surface area is 403 Å². The normalized spacial score (nSPS) is 28.1. The lowest BCUT2D eigenvalue weighted by atomic mass is 9.62. The van der Waals surface area contributed by atoms with E-state index >= 15 is 0 Å². The van der Waals surface area contributed by atoms with E-state index in [1.54, 1.807) is 39.1 Å². The second kappa shape index (κ2) is 16.4. The Morgan fingerprint density at radius 3 is 2.41 bits per heavy atom. The van der Waals surface area contributed by atoms with Gasteiger partial charge in [0, 0.05) is 62.8 Å². The average Bonchev–Trinajstić information content (AvgIpc) is 4.02. The molecule has 3 heteroatoms. The van der Waals surface area contributed by atoms with Gasteiger partial charge in [-0.1, -0.05) is 140 Å². The monoisotopic (exact) mass is 886 g/mol. The summed E-state index contributed by atoms with van der Waals surface area (Å²) in [5, 5.41) is 2.65. The SMILES string of the molecule is C1=CCC(n2c3c(c4c2C=CC(N(C2=CCCCC2)C2=CCCC5=C2C2C=CC=CC2C52C5=C(C=CCC5)c5ccc(N(c6cccc7ccccc67)C6CC=CCC6)cc52)C4)CCC=C3)C=C1. The van der Waals surface area contributed by atoms with Gasteiger partial charge < -0.3 is 14.4 Å². The van der Waals surface area contributed by atoms with Gasteiger partial charge in [0.15, 0.2) is 0 Å². The predicted molar refractivity (Wildman–Crippen MR) is 285 cm³/mol. The van der Waals surface area contributed by atoms with Crippen LogP contribution in [0.15, 0.2) is 186 Å². The first-order chi connectivity index (χ1) is 33.8. The zero-order valence-electron chi connectivity index (χ0n) is 39.5. The highest BCUT2D eigenvalue weighted by Gasteiger charge is 2.60. The molecule has 0 bridgehead atoms. The maximum absolute atomic E-state index is 2.92. The molecule has 4 aromatic rings. The van der Waals surface area contributed by atoms with Crippen LogP contribution in [0, 0.1) is 11.8 Å². The zero-order chi connectivity index (χ0) is 44.8. The Hall–Kier alpha value is -6.32. The summed E-state index contributed by atoms with van der Waals surface area (Å²) >= 11 is 0. The van der Waals surface area contributed by atoms with Gasteiger partial charge in [0.25, 0.3) is 0 Å². The number of rotatable bonds is 7. The number of hydrogen-bond acceptors (Lipinski definition) is 2. The van der Waals surface area contributed by atoms with Crippen molar-refractivity contribution in [1.29, 1.82) is 0 Å². The zero-order valence-corrected chi connectivity index (χ0v) is 39.5. The van der Waals surface area contributed by atoms with Crippen LogP contribution < -0.4 is 4.90 Å². The number of benzene rings is 3. The first-order valence-corrected chi connectivity index (χ1v) is 26.5. The lowest BCUT2D eigenvalue weighted by molar-refractivity contribution is 0.332. The van der Waals surface area contributed by atoms with Crippen molar-refractivity contribution in [2.75, 3.05) is 4.90 Å². The summed E-state index contributed by atoms with van der Waals surface area (Å²) in [5.74, 6) is 0.644. The van der Waals surface area contributed by atoms with Crippen molar-refractivity contribution in [2.24, 2.45) is 11.8 Å².